The second-order valence-corrected chi connectivity index (χ2v) is 22.1. The fourth-order valence-corrected chi connectivity index (χ4v) is 10.0. The molecule has 0 saturated carbocycles. The quantitative estimate of drug-likeness (QED) is 0.0320. The molecule has 3 N–H and O–H groups in total. The summed E-state index contributed by atoms with van der Waals surface area (Å²) in [5, 5.41) is 23.1. The number of aliphatic hydroxyl groups excluding tert-OH is 2. The zero-order chi connectivity index (χ0) is 51.4. The fourth-order valence-electron chi connectivity index (χ4n) is 10.0. The average molecular weight is 1000 g/mol. The lowest BCUT2D eigenvalue weighted by atomic mass is 10.0. The summed E-state index contributed by atoms with van der Waals surface area (Å²) >= 11 is 0. The summed E-state index contributed by atoms with van der Waals surface area (Å²) in [5.41, 5.74) is 0. The van der Waals surface area contributed by atoms with Gasteiger partial charge in [0.1, 0.15) is 0 Å². The number of hydrogen-bond acceptors (Lipinski definition) is 5. The zero-order valence-corrected chi connectivity index (χ0v) is 48.0. The van der Waals surface area contributed by atoms with E-state index in [0.29, 0.717) is 25.9 Å². The van der Waals surface area contributed by atoms with Crippen LogP contribution >= 0.6 is 0 Å². The number of nitrogens with one attached hydrogen (secondary N) is 1. The Hall–Kier alpha value is -1.66. The van der Waals surface area contributed by atoms with Crippen LogP contribution in [0.1, 0.15) is 354 Å². The number of hydrogen-bond donors (Lipinski definition) is 3. The highest BCUT2D eigenvalue weighted by Gasteiger charge is 2.20. The van der Waals surface area contributed by atoms with Crippen molar-refractivity contribution in [3.63, 3.8) is 0 Å². The summed E-state index contributed by atoms with van der Waals surface area (Å²) < 4.78 is 5.47. The first kappa shape index (κ1) is 69.3. The minimum Gasteiger partial charge on any atom is -0.466 e. The number of rotatable bonds is 60. The molecule has 1 amide bonds. The van der Waals surface area contributed by atoms with Crippen molar-refractivity contribution in [1.29, 1.82) is 0 Å². The third-order valence-electron chi connectivity index (χ3n) is 15.0. The van der Waals surface area contributed by atoms with Crippen molar-refractivity contribution in [2.45, 2.75) is 366 Å². The molecule has 6 heteroatoms. The molecule has 6 nitrogen and oxygen atoms in total. The van der Waals surface area contributed by atoms with Crippen molar-refractivity contribution in [2.75, 3.05) is 13.2 Å². The van der Waals surface area contributed by atoms with Crippen LogP contribution in [0, 0.1) is 0 Å². The van der Waals surface area contributed by atoms with E-state index in [4.69, 9.17) is 4.74 Å². The third kappa shape index (κ3) is 57.5. The van der Waals surface area contributed by atoms with Crippen LogP contribution in [0.15, 0.2) is 24.3 Å². The van der Waals surface area contributed by atoms with Gasteiger partial charge >= 0.3 is 5.97 Å². The van der Waals surface area contributed by atoms with E-state index in [0.717, 1.165) is 44.9 Å². The Morgan fingerprint density at radius 1 is 0.380 bits per heavy atom. The Bertz CT molecular complexity index is 1110. The maximum absolute atomic E-state index is 12.4. The topological polar surface area (TPSA) is 95.9 Å². The minimum absolute atomic E-state index is 0.00864. The number of carbonyl (C=O) groups is 2. The van der Waals surface area contributed by atoms with E-state index in [1.165, 1.54) is 276 Å². The molecule has 0 bridgehead atoms. The Labute approximate surface area is 443 Å². The van der Waals surface area contributed by atoms with E-state index < -0.39 is 12.1 Å². The van der Waals surface area contributed by atoms with Crippen molar-refractivity contribution in [2.24, 2.45) is 0 Å². The van der Waals surface area contributed by atoms with Gasteiger partial charge in [-0.25, -0.2) is 0 Å². The molecule has 0 aromatic rings. The Morgan fingerprint density at radius 2 is 0.662 bits per heavy atom. The molecule has 0 aromatic heterocycles. The molecule has 2 unspecified atom stereocenters. The summed E-state index contributed by atoms with van der Waals surface area (Å²) in [6, 6.07) is -0.536. The highest BCUT2D eigenvalue weighted by Crippen LogP contribution is 2.18. The highest BCUT2D eigenvalue weighted by molar-refractivity contribution is 5.76. The van der Waals surface area contributed by atoms with Gasteiger partial charge in [-0.05, 0) is 77.0 Å². The van der Waals surface area contributed by atoms with Crippen LogP contribution in [-0.2, 0) is 14.3 Å². The van der Waals surface area contributed by atoms with E-state index in [2.05, 4.69) is 43.5 Å². The number of amides is 1. The zero-order valence-electron chi connectivity index (χ0n) is 48.0. The largest absolute Gasteiger partial charge is 0.466 e. The van der Waals surface area contributed by atoms with E-state index in [1.807, 2.05) is 0 Å². The van der Waals surface area contributed by atoms with Gasteiger partial charge in [-0.15, -0.1) is 0 Å². The SMILES string of the molecule is CCCCC/C=C\CCCCCCCC(=O)OCCCCCCCCCCCCCC/C=C\CCCCCCCCCCCCCCCCCCCC(=O)NC(CO)C(O)CCCCCCCCCCC. The van der Waals surface area contributed by atoms with Gasteiger partial charge in [-0.2, -0.15) is 0 Å². The first-order valence-electron chi connectivity index (χ1n) is 32.1. The van der Waals surface area contributed by atoms with Gasteiger partial charge in [0, 0.05) is 12.8 Å². The number of ether oxygens (including phenoxy) is 1. The number of esters is 1. The van der Waals surface area contributed by atoms with Crippen LogP contribution in [0.2, 0.25) is 0 Å². The van der Waals surface area contributed by atoms with Crippen molar-refractivity contribution >= 4 is 11.9 Å². The van der Waals surface area contributed by atoms with Gasteiger partial charge in [0.2, 0.25) is 5.91 Å². The second-order valence-electron chi connectivity index (χ2n) is 22.1. The lowest BCUT2D eigenvalue weighted by molar-refractivity contribution is -0.143. The van der Waals surface area contributed by atoms with Crippen LogP contribution in [0.25, 0.3) is 0 Å². The van der Waals surface area contributed by atoms with E-state index in [-0.39, 0.29) is 18.5 Å². The molecule has 0 rings (SSSR count). The van der Waals surface area contributed by atoms with Gasteiger partial charge in [0.25, 0.3) is 0 Å². The van der Waals surface area contributed by atoms with Crippen molar-refractivity contribution in [3.8, 4) is 0 Å². The lowest BCUT2D eigenvalue weighted by Crippen LogP contribution is -2.45. The average Bonchev–Trinajstić information content (AvgIpc) is 3.37. The van der Waals surface area contributed by atoms with Crippen molar-refractivity contribution < 1.29 is 24.5 Å². The van der Waals surface area contributed by atoms with E-state index >= 15 is 0 Å². The monoisotopic (exact) mass is 1000 g/mol. The van der Waals surface area contributed by atoms with Crippen LogP contribution in [0.5, 0.6) is 0 Å². The molecule has 0 aliphatic rings. The van der Waals surface area contributed by atoms with Gasteiger partial charge in [0.05, 0.1) is 25.4 Å². The Morgan fingerprint density at radius 3 is 1.03 bits per heavy atom. The third-order valence-corrected chi connectivity index (χ3v) is 15.0. The van der Waals surface area contributed by atoms with Crippen LogP contribution < -0.4 is 5.32 Å². The van der Waals surface area contributed by atoms with Crippen LogP contribution in [0.3, 0.4) is 0 Å². The number of allylic oxidation sites excluding steroid dienone is 4. The van der Waals surface area contributed by atoms with Crippen LogP contribution in [0.4, 0.5) is 0 Å². The summed E-state index contributed by atoms with van der Waals surface area (Å²) in [6.45, 7) is 4.92. The molecule has 0 aliphatic heterocycles. The molecule has 420 valence electrons. The molecule has 0 saturated heterocycles. The van der Waals surface area contributed by atoms with Gasteiger partial charge in [-0.3, -0.25) is 9.59 Å². The van der Waals surface area contributed by atoms with E-state index in [9.17, 15) is 19.8 Å². The van der Waals surface area contributed by atoms with Crippen molar-refractivity contribution in [1.82, 2.24) is 5.32 Å². The maximum atomic E-state index is 12.4. The smallest absolute Gasteiger partial charge is 0.305 e. The first-order chi connectivity index (χ1) is 35.0. The molecule has 2 atom stereocenters. The molecular weight excluding hydrogens is 875 g/mol. The van der Waals surface area contributed by atoms with Crippen LogP contribution in [-0.4, -0.2) is 47.4 Å². The summed E-state index contributed by atoms with van der Waals surface area (Å²) in [5.74, 6) is -0.0244. The number of unbranched alkanes of at least 4 members (excludes halogenated alkanes) is 45. The van der Waals surface area contributed by atoms with Gasteiger partial charge in [0.15, 0.2) is 0 Å². The summed E-state index contributed by atoms with van der Waals surface area (Å²) in [6.07, 6.45) is 75.1. The normalized spacial score (nSPS) is 12.7. The summed E-state index contributed by atoms with van der Waals surface area (Å²) in [4.78, 5) is 24.4. The molecule has 0 spiro atoms. The lowest BCUT2D eigenvalue weighted by Gasteiger charge is -2.22. The maximum Gasteiger partial charge on any atom is 0.305 e. The number of aliphatic hydroxyl groups is 2. The molecular formula is C65H125NO5. The second kappa shape index (κ2) is 60.9. The minimum atomic E-state index is -0.659. The summed E-state index contributed by atoms with van der Waals surface area (Å²) in [7, 11) is 0. The molecule has 0 aromatic carbocycles. The molecule has 71 heavy (non-hydrogen) atoms. The van der Waals surface area contributed by atoms with Gasteiger partial charge in [-0.1, -0.05) is 289 Å². The fraction of sp³-hybridized carbons (Fsp3) is 0.908. The molecule has 0 radical (unpaired) electrons. The van der Waals surface area contributed by atoms with E-state index in [1.54, 1.807) is 0 Å². The molecule has 0 aliphatic carbocycles. The Balaban J connectivity index is 3.32. The number of carbonyl (C=O) groups excluding carboxylic acids is 2. The first-order valence-corrected chi connectivity index (χ1v) is 32.1. The predicted molar refractivity (Wildman–Crippen MR) is 310 cm³/mol. The highest BCUT2D eigenvalue weighted by atomic mass is 16.5. The van der Waals surface area contributed by atoms with Crippen molar-refractivity contribution in [3.05, 3.63) is 24.3 Å². The molecule has 0 heterocycles. The molecule has 0 fully saturated rings. The Kier molecular flexibility index (Phi) is 59.5. The van der Waals surface area contributed by atoms with Gasteiger partial charge < -0.3 is 20.3 Å². The standard InChI is InChI=1S/C65H125NO5/c1-3-5-7-9-11-13-14-39-43-47-51-55-59-65(70)71-60-56-52-48-44-40-37-35-33-31-29-27-25-23-21-19-17-15-16-18-20-22-24-26-28-30-32-34-36-38-42-46-50-54-58-64(69)66-62(61-67)63(68)57-53-49-45-41-12-10-8-6-4-2/h11,13,19,21,62-63,67-68H,3-10,12,14-18,20,22-61H2,1-2H3,(H,66,69)/b13-11-,21-19-. The predicted octanol–water partition coefficient (Wildman–Crippen LogP) is 20.2.